The maximum Gasteiger partial charge on any atom is 0.0897 e. The summed E-state index contributed by atoms with van der Waals surface area (Å²) in [5.74, 6) is 0.682. The summed E-state index contributed by atoms with van der Waals surface area (Å²) in [6.45, 7) is 5.29. The number of nitrogens with zero attached hydrogens (tertiary/aromatic N) is 1. The minimum Gasteiger partial charge on any atom is -0.309 e. The normalized spacial score (nSPS) is 19.2. The summed E-state index contributed by atoms with van der Waals surface area (Å²) in [7, 11) is 0. The minimum absolute atomic E-state index is 0.442. The molecule has 21 heavy (non-hydrogen) atoms. The van der Waals surface area contributed by atoms with Crippen LogP contribution in [-0.2, 0) is 6.42 Å². The van der Waals surface area contributed by atoms with Gasteiger partial charge in [-0.15, -0.1) is 11.3 Å². The zero-order chi connectivity index (χ0) is 14.7. The summed E-state index contributed by atoms with van der Waals surface area (Å²) in [6, 6.07) is 9.45. The fourth-order valence-electron chi connectivity index (χ4n) is 3.47. The summed E-state index contributed by atoms with van der Waals surface area (Å²) in [5, 5.41) is 4.82. The molecule has 0 saturated heterocycles. The molecule has 1 N–H and O–H groups in total. The molecule has 2 nitrogen and oxygen atoms in total. The summed E-state index contributed by atoms with van der Waals surface area (Å²) < 4.78 is 0. The molecule has 112 valence electrons. The van der Waals surface area contributed by atoms with Crippen molar-refractivity contribution in [2.24, 2.45) is 0 Å². The Morgan fingerprint density at radius 1 is 1.38 bits per heavy atom. The van der Waals surface area contributed by atoms with Crippen molar-refractivity contribution in [1.29, 1.82) is 0 Å². The average Bonchev–Trinajstić information content (AvgIpc) is 2.94. The lowest BCUT2D eigenvalue weighted by molar-refractivity contribution is 0.430. The third-order valence-corrected chi connectivity index (χ3v) is 5.47. The molecule has 0 radical (unpaired) electrons. The third kappa shape index (κ3) is 3.35. The maximum absolute atomic E-state index is 4.44. The van der Waals surface area contributed by atoms with Gasteiger partial charge in [0.25, 0.3) is 0 Å². The van der Waals surface area contributed by atoms with Crippen LogP contribution < -0.4 is 5.32 Å². The maximum atomic E-state index is 4.44. The fraction of sp³-hybridized carbons (Fsp3) is 0.500. The molecule has 3 rings (SSSR count). The second-order valence-corrected chi connectivity index (χ2v) is 7.18. The predicted octanol–water partition coefficient (Wildman–Crippen LogP) is 4.61. The molecule has 0 saturated carbocycles. The highest BCUT2D eigenvalue weighted by Crippen LogP contribution is 2.38. The Hall–Kier alpha value is -1.19. The molecule has 1 aromatic carbocycles. The van der Waals surface area contributed by atoms with Gasteiger partial charge in [0, 0.05) is 17.1 Å². The van der Waals surface area contributed by atoms with Crippen molar-refractivity contribution in [1.82, 2.24) is 10.3 Å². The first-order valence-corrected chi connectivity index (χ1v) is 8.83. The molecule has 0 spiro atoms. The van der Waals surface area contributed by atoms with Gasteiger partial charge in [-0.05, 0) is 56.2 Å². The van der Waals surface area contributed by atoms with E-state index in [0.29, 0.717) is 12.0 Å². The largest absolute Gasteiger partial charge is 0.309 e. The fourth-order valence-corrected chi connectivity index (χ4v) is 4.34. The number of fused-ring (bicyclic) bond motifs is 1. The quantitative estimate of drug-likeness (QED) is 0.872. The first kappa shape index (κ1) is 14.7. The van der Waals surface area contributed by atoms with Gasteiger partial charge in [0.1, 0.15) is 0 Å². The number of aryl methyl sites for hydroxylation is 2. The monoisotopic (exact) mass is 300 g/mol. The van der Waals surface area contributed by atoms with Crippen molar-refractivity contribution in [3.05, 3.63) is 51.5 Å². The average molecular weight is 300 g/mol. The standard InChI is InChI=1S/C18H24N2S/c1-3-19-17(18-12-20-13(2)21-18)11-15-9-6-8-14-7-4-5-10-16(14)15/h4-5,7,10,12,15,17,19H,3,6,8-9,11H2,1-2H3. The second kappa shape index (κ2) is 6.71. The summed E-state index contributed by atoms with van der Waals surface area (Å²) in [6.07, 6.45) is 7.13. The highest BCUT2D eigenvalue weighted by atomic mass is 32.1. The van der Waals surface area contributed by atoms with Crippen LogP contribution in [0.2, 0.25) is 0 Å². The van der Waals surface area contributed by atoms with Gasteiger partial charge in [0.15, 0.2) is 0 Å². The summed E-state index contributed by atoms with van der Waals surface area (Å²) in [4.78, 5) is 5.82. The topological polar surface area (TPSA) is 24.9 Å². The first-order chi connectivity index (χ1) is 10.3. The molecule has 0 amide bonds. The van der Waals surface area contributed by atoms with Crippen LogP contribution in [0.25, 0.3) is 0 Å². The van der Waals surface area contributed by atoms with Crippen LogP contribution in [0.15, 0.2) is 30.5 Å². The van der Waals surface area contributed by atoms with E-state index in [9.17, 15) is 0 Å². The molecule has 1 aliphatic carbocycles. The predicted molar refractivity (Wildman–Crippen MR) is 90.0 cm³/mol. The van der Waals surface area contributed by atoms with E-state index in [1.807, 2.05) is 11.3 Å². The molecular weight excluding hydrogens is 276 g/mol. The van der Waals surface area contributed by atoms with Gasteiger partial charge in [-0.1, -0.05) is 31.2 Å². The van der Waals surface area contributed by atoms with Crippen molar-refractivity contribution < 1.29 is 0 Å². The number of benzene rings is 1. The lowest BCUT2D eigenvalue weighted by Gasteiger charge is -2.29. The third-order valence-electron chi connectivity index (χ3n) is 4.45. The Labute approximate surface area is 131 Å². The van der Waals surface area contributed by atoms with E-state index in [0.717, 1.165) is 11.6 Å². The van der Waals surface area contributed by atoms with E-state index in [1.165, 1.54) is 30.6 Å². The number of hydrogen-bond donors (Lipinski definition) is 1. The van der Waals surface area contributed by atoms with Gasteiger partial charge < -0.3 is 5.32 Å². The van der Waals surface area contributed by atoms with Crippen LogP contribution in [0.1, 0.15) is 59.2 Å². The summed E-state index contributed by atoms with van der Waals surface area (Å²) in [5.41, 5.74) is 3.14. The van der Waals surface area contributed by atoms with Crippen LogP contribution >= 0.6 is 11.3 Å². The van der Waals surface area contributed by atoms with Gasteiger partial charge in [0.2, 0.25) is 0 Å². The molecular formula is C18H24N2S. The molecule has 2 unspecified atom stereocenters. The lowest BCUT2D eigenvalue weighted by Crippen LogP contribution is -2.23. The minimum atomic E-state index is 0.442. The van der Waals surface area contributed by atoms with E-state index in [1.54, 1.807) is 11.1 Å². The smallest absolute Gasteiger partial charge is 0.0897 e. The van der Waals surface area contributed by atoms with Gasteiger partial charge in [0.05, 0.1) is 5.01 Å². The van der Waals surface area contributed by atoms with E-state index in [-0.39, 0.29) is 0 Å². The van der Waals surface area contributed by atoms with E-state index < -0.39 is 0 Å². The van der Waals surface area contributed by atoms with Gasteiger partial charge in [-0.25, -0.2) is 4.98 Å². The lowest BCUT2D eigenvalue weighted by atomic mass is 9.79. The Bertz CT molecular complexity index is 590. The van der Waals surface area contributed by atoms with Crippen molar-refractivity contribution >= 4 is 11.3 Å². The molecule has 0 aliphatic heterocycles. The van der Waals surface area contributed by atoms with Gasteiger partial charge >= 0.3 is 0 Å². The van der Waals surface area contributed by atoms with Crippen LogP contribution in [-0.4, -0.2) is 11.5 Å². The SMILES string of the molecule is CCNC(CC1CCCc2ccccc21)c1cnc(C)s1. The Kier molecular flexibility index (Phi) is 4.71. The molecule has 2 atom stereocenters. The number of thiazole rings is 1. The zero-order valence-electron chi connectivity index (χ0n) is 12.9. The summed E-state index contributed by atoms with van der Waals surface area (Å²) >= 11 is 1.83. The molecule has 1 aliphatic rings. The molecule has 0 bridgehead atoms. The number of rotatable bonds is 5. The van der Waals surface area contributed by atoms with Gasteiger partial charge in [-0.2, -0.15) is 0 Å². The van der Waals surface area contributed by atoms with Crippen molar-refractivity contribution in [2.75, 3.05) is 6.54 Å². The Balaban J connectivity index is 1.80. The molecule has 1 aromatic heterocycles. The molecule has 0 fully saturated rings. The number of nitrogens with one attached hydrogen (secondary N) is 1. The van der Waals surface area contributed by atoms with E-state index in [4.69, 9.17) is 0 Å². The van der Waals surface area contributed by atoms with Crippen LogP contribution in [0.4, 0.5) is 0 Å². The highest BCUT2D eigenvalue weighted by Gasteiger charge is 2.24. The van der Waals surface area contributed by atoms with E-state index in [2.05, 4.69) is 54.6 Å². The number of hydrogen-bond acceptors (Lipinski definition) is 3. The second-order valence-electron chi connectivity index (χ2n) is 5.92. The molecule has 2 aromatic rings. The zero-order valence-corrected chi connectivity index (χ0v) is 13.7. The van der Waals surface area contributed by atoms with Crippen LogP contribution in [0.3, 0.4) is 0 Å². The van der Waals surface area contributed by atoms with Crippen molar-refractivity contribution in [3.8, 4) is 0 Å². The van der Waals surface area contributed by atoms with Gasteiger partial charge in [-0.3, -0.25) is 0 Å². The van der Waals surface area contributed by atoms with Crippen molar-refractivity contribution in [2.45, 2.75) is 51.5 Å². The highest BCUT2D eigenvalue weighted by molar-refractivity contribution is 7.11. The Morgan fingerprint density at radius 2 is 2.24 bits per heavy atom. The van der Waals surface area contributed by atoms with Crippen LogP contribution in [0, 0.1) is 6.92 Å². The van der Waals surface area contributed by atoms with Crippen molar-refractivity contribution in [3.63, 3.8) is 0 Å². The number of aromatic nitrogens is 1. The Morgan fingerprint density at radius 3 is 3.00 bits per heavy atom. The first-order valence-electron chi connectivity index (χ1n) is 8.01. The molecule has 1 heterocycles. The van der Waals surface area contributed by atoms with E-state index >= 15 is 0 Å². The molecule has 3 heteroatoms. The van der Waals surface area contributed by atoms with Crippen LogP contribution in [0.5, 0.6) is 0 Å².